The summed E-state index contributed by atoms with van der Waals surface area (Å²) < 4.78 is 64.5. The number of hydrazone groups is 1. The van der Waals surface area contributed by atoms with Gasteiger partial charge in [-0.25, -0.2) is 14.6 Å². The van der Waals surface area contributed by atoms with Crippen LogP contribution in [0.1, 0.15) is 16.8 Å². The molecule has 0 radical (unpaired) electrons. The van der Waals surface area contributed by atoms with Gasteiger partial charge in [0, 0.05) is 11.6 Å². The summed E-state index contributed by atoms with van der Waals surface area (Å²) >= 11 is 0. The third-order valence-electron chi connectivity index (χ3n) is 4.83. The number of ether oxygens (including phenoxy) is 1. The molecule has 1 atom stereocenters. The van der Waals surface area contributed by atoms with Crippen LogP contribution >= 0.6 is 0 Å². The van der Waals surface area contributed by atoms with Crippen LogP contribution in [0.4, 0.5) is 17.6 Å². The van der Waals surface area contributed by atoms with Crippen molar-refractivity contribution in [3.05, 3.63) is 95.3 Å². The molecule has 5 N–H and O–H groups in total. The van der Waals surface area contributed by atoms with Gasteiger partial charge in [0.1, 0.15) is 36.0 Å². The minimum atomic E-state index is -4.18. The number of aliphatic hydroxyl groups is 1. The molecule has 0 saturated carbocycles. The molecular formula is C22H21F4N5O2. The van der Waals surface area contributed by atoms with E-state index in [1.807, 2.05) is 30.3 Å². The van der Waals surface area contributed by atoms with Crippen LogP contribution in [0.25, 0.3) is 0 Å². The van der Waals surface area contributed by atoms with Gasteiger partial charge in [0.05, 0.1) is 12.7 Å². The van der Waals surface area contributed by atoms with E-state index < -0.39 is 41.0 Å². The van der Waals surface area contributed by atoms with Gasteiger partial charge in [-0.1, -0.05) is 30.3 Å². The van der Waals surface area contributed by atoms with Crippen LogP contribution in [-0.2, 0) is 18.1 Å². The van der Waals surface area contributed by atoms with E-state index in [1.165, 1.54) is 6.07 Å². The lowest BCUT2D eigenvalue weighted by Crippen LogP contribution is -2.53. The summed E-state index contributed by atoms with van der Waals surface area (Å²) in [5.41, 5.74) is -4.18. The van der Waals surface area contributed by atoms with E-state index in [1.54, 1.807) is 0 Å². The third-order valence-corrected chi connectivity index (χ3v) is 4.83. The fourth-order valence-corrected chi connectivity index (χ4v) is 3.17. The summed E-state index contributed by atoms with van der Waals surface area (Å²) in [6, 6.07) is 13.2. The van der Waals surface area contributed by atoms with E-state index in [0.717, 1.165) is 30.2 Å². The van der Waals surface area contributed by atoms with Gasteiger partial charge in [-0.05, 0) is 29.8 Å². The van der Waals surface area contributed by atoms with Crippen LogP contribution < -0.4 is 16.4 Å². The summed E-state index contributed by atoms with van der Waals surface area (Å²) in [4.78, 5) is 3.71. The van der Waals surface area contributed by atoms with Gasteiger partial charge in [0.15, 0.2) is 5.60 Å². The first kappa shape index (κ1) is 24.0. The van der Waals surface area contributed by atoms with Crippen LogP contribution in [0.5, 0.6) is 5.75 Å². The van der Waals surface area contributed by atoms with Gasteiger partial charge in [0.25, 0.3) is 0 Å². The minimum absolute atomic E-state index is 0.184. The van der Waals surface area contributed by atoms with Crippen LogP contribution in [0.15, 0.2) is 72.0 Å². The van der Waals surface area contributed by atoms with Crippen LogP contribution in [0.2, 0.25) is 0 Å². The highest BCUT2D eigenvalue weighted by atomic mass is 19.3. The fraction of sp³-hybridized carbons (Fsp3) is 0.182. The lowest BCUT2D eigenvalue weighted by Gasteiger charge is -2.37. The Morgan fingerprint density at radius 1 is 1.09 bits per heavy atom. The maximum Gasteiger partial charge on any atom is 0.323 e. The number of nitrogens with zero attached hydrogens (tertiary/aromatic N) is 3. The van der Waals surface area contributed by atoms with Crippen molar-refractivity contribution >= 4 is 6.34 Å². The number of nitrogens with two attached hydrogens (primary N) is 2. The monoisotopic (exact) mass is 463 g/mol. The van der Waals surface area contributed by atoms with Crippen molar-refractivity contribution in [1.29, 1.82) is 0 Å². The third kappa shape index (κ3) is 5.21. The summed E-state index contributed by atoms with van der Waals surface area (Å²) in [5, 5.41) is 14.7. The molecule has 1 aromatic heterocycles. The Hall–Kier alpha value is -3.70. The number of hydrazine groups is 1. The molecule has 0 aliphatic rings. The predicted octanol–water partition coefficient (Wildman–Crippen LogP) is 3.00. The van der Waals surface area contributed by atoms with Crippen LogP contribution in [0, 0.1) is 11.6 Å². The zero-order chi connectivity index (χ0) is 24.1. The lowest BCUT2D eigenvalue weighted by atomic mass is 9.84. The number of pyridine rings is 1. The van der Waals surface area contributed by atoms with E-state index in [4.69, 9.17) is 16.4 Å². The molecule has 0 aliphatic carbocycles. The number of alkyl halides is 2. The largest absolute Gasteiger partial charge is 0.487 e. The quantitative estimate of drug-likeness (QED) is 0.148. The number of halogens is 4. The van der Waals surface area contributed by atoms with Gasteiger partial charge in [-0.2, -0.15) is 13.9 Å². The zero-order valence-electron chi connectivity index (χ0n) is 17.2. The molecule has 11 heteroatoms. The van der Waals surface area contributed by atoms with E-state index in [-0.39, 0.29) is 12.4 Å². The average Bonchev–Trinajstić information content (AvgIpc) is 2.78. The first-order chi connectivity index (χ1) is 15.7. The van der Waals surface area contributed by atoms with Crippen LogP contribution in [-0.4, -0.2) is 28.0 Å². The average molecular weight is 463 g/mol. The molecule has 0 aliphatic heterocycles. The number of benzene rings is 2. The second-order valence-electron chi connectivity index (χ2n) is 7.15. The molecular weight excluding hydrogens is 442 g/mol. The van der Waals surface area contributed by atoms with Crippen molar-refractivity contribution in [3.63, 3.8) is 0 Å². The van der Waals surface area contributed by atoms with E-state index in [2.05, 4.69) is 10.1 Å². The second-order valence-corrected chi connectivity index (χ2v) is 7.15. The van der Waals surface area contributed by atoms with Crippen molar-refractivity contribution in [2.45, 2.75) is 18.1 Å². The molecule has 33 heavy (non-hydrogen) atoms. The Labute approximate surface area is 186 Å². The summed E-state index contributed by atoms with van der Waals surface area (Å²) in [6.45, 7) is -0.860. The number of rotatable bonds is 9. The molecule has 0 fully saturated rings. The van der Waals surface area contributed by atoms with Crippen LogP contribution in [0.3, 0.4) is 0 Å². The highest BCUT2D eigenvalue weighted by Crippen LogP contribution is 2.46. The number of aromatic nitrogens is 1. The number of hydrogen-bond donors (Lipinski definition) is 3. The van der Waals surface area contributed by atoms with E-state index in [0.29, 0.717) is 17.1 Å². The number of hydrogen-bond acceptors (Lipinski definition) is 6. The molecule has 0 bridgehead atoms. The zero-order valence-corrected chi connectivity index (χ0v) is 17.2. The van der Waals surface area contributed by atoms with Gasteiger partial charge >= 0.3 is 5.92 Å². The second kappa shape index (κ2) is 9.84. The maximum absolute atomic E-state index is 15.6. The first-order valence-electron chi connectivity index (χ1n) is 9.61. The maximum atomic E-state index is 15.6. The van der Waals surface area contributed by atoms with Crippen molar-refractivity contribution in [2.24, 2.45) is 16.8 Å². The molecule has 7 nitrogen and oxygen atoms in total. The molecule has 0 spiro atoms. The topological polar surface area (TPSA) is 110 Å². The van der Waals surface area contributed by atoms with Gasteiger partial charge in [-0.15, -0.1) is 0 Å². The van der Waals surface area contributed by atoms with Crippen molar-refractivity contribution in [2.75, 3.05) is 6.54 Å². The van der Waals surface area contributed by atoms with E-state index in [9.17, 15) is 13.9 Å². The van der Waals surface area contributed by atoms with Crippen molar-refractivity contribution in [1.82, 2.24) is 9.99 Å². The summed E-state index contributed by atoms with van der Waals surface area (Å²) in [6.07, 6.45) is 1.81. The van der Waals surface area contributed by atoms with E-state index >= 15 is 8.78 Å². The molecule has 3 rings (SSSR count). The molecule has 174 valence electrons. The Morgan fingerprint density at radius 3 is 2.42 bits per heavy atom. The normalized spacial score (nSPS) is 13.6. The first-order valence-corrected chi connectivity index (χ1v) is 9.61. The predicted molar refractivity (Wildman–Crippen MR) is 113 cm³/mol. The lowest BCUT2D eigenvalue weighted by molar-refractivity contribution is -0.203. The van der Waals surface area contributed by atoms with Gasteiger partial charge in [0.2, 0.25) is 0 Å². The molecule has 0 amide bonds. The molecule has 1 unspecified atom stereocenters. The minimum Gasteiger partial charge on any atom is -0.487 e. The summed E-state index contributed by atoms with van der Waals surface area (Å²) in [7, 11) is 0. The Kier molecular flexibility index (Phi) is 7.14. The standard InChI is InChI=1S/C22H21F4N5O2/c23-16-6-8-18(19(24)10-16)21(32,13-31(28)14-30-27)22(25,26)20-9-7-17(11-29-20)33-12-15-4-2-1-3-5-15/h1-11,14,32H,12-13,27-28H2/b30-14-. The fourth-order valence-electron chi connectivity index (χ4n) is 3.17. The Balaban J connectivity index is 1.93. The van der Waals surface area contributed by atoms with Gasteiger partial charge in [-0.3, -0.25) is 9.99 Å². The Bertz CT molecular complexity index is 1100. The molecule has 3 aromatic rings. The molecule has 1 heterocycles. The molecule has 0 saturated heterocycles. The summed E-state index contributed by atoms with van der Waals surface area (Å²) in [5.74, 6) is 4.15. The highest BCUT2D eigenvalue weighted by molar-refractivity contribution is 5.53. The van der Waals surface area contributed by atoms with Crippen molar-refractivity contribution < 1.29 is 27.4 Å². The highest BCUT2D eigenvalue weighted by Gasteiger charge is 2.58. The smallest absolute Gasteiger partial charge is 0.323 e. The SMILES string of the molecule is N/N=C\N(N)CC(O)(c1ccc(F)cc1F)C(F)(F)c1ccc(OCc2ccccc2)cn1. The van der Waals surface area contributed by atoms with Crippen molar-refractivity contribution in [3.8, 4) is 5.75 Å². The Morgan fingerprint density at radius 2 is 1.82 bits per heavy atom. The molecule has 2 aromatic carbocycles. The van der Waals surface area contributed by atoms with Gasteiger partial charge < -0.3 is 15.7 Å².